The van der Waals surface area contributed by atoms with Crippen molar-refractivity contribution in [2.45, 2.75) is 69.6 Å². The second-order valence-corrected chi connectivity index (χ2v) is 19.1. The maximum atomic E-state index is 2.62. The average Bonchev–Trinajstić information content (AvgIpc) is 3.76. The van der Waals surface area contributed by atoms with Crippen molar-refractivity contribution in [2.24, 2.45) is 0 Å². The molecule has 3 aliphatic carbocycles. The second-order valence-electron chi connectivity index (χ2n) is 19.1. The molecule has 0 saturated heterocycles. The Morgan fingerprint density at radius 2 is 0.969 bits per heavy atom. The first kappa shape index (κ1) is 38.7. The predicted octanol–water partition coefficient (Wildman–Crippen LogP) is 17.3. The van der Waals surface area contributed by atoms with E-state index in [0.29, 0.717) is 5.92 Å². The van der Waals surface area contributed by atoms with E-state index in [9.17, 15) is 0 Å². The standard InChI is InChI=1S/C63H53N/c1-62(2)53-33-14-10-28-48(53)49-40-39-44(41-56(49)62)46-27-12-16-36-57(46)64(59-38-20-35-55-61(59)52-30-11-15-34-54(52)63(55,3)45-25-8-5-9-26-45)58-37-17-13-29-50(58)51-32-19-24-43-23-18-31-47(60(43)51)42-21-6-4-7-22-42/h5,8-20,23-42H,4,6-7,21-22H2,1-3H3. The third-order valence-electron chi connectivity index (χ3n) is 15.4. The van der Waals surface area contributed by atoms with Crippen molar-refractivity contribution in [1.82, 2.24) is 0 Å². The van der Waals surface area contributed by atoms with Gasteiger partial charge in [0, 0.05) is 27.5 Å². The highest BCUT2D eigenvalue weighted by molar-refractivity contribution is 6.06. The molecule has 1 nitrogen and oxygen atoms in total. The molecule has 1 unspecified atom stereocenters. The zero-order valence-corrected chi connectivity index (χ0v) is 37.1. The molecule has 1 heteroatoms. The van der Waals surface area contributed by atoms with Gasteiger partial charge in [0.05, 0.1) is 17.1 Å². The van der Waals surface area contributed by atoms with Crippen LogP contribution in [0, 0.1) is 0 Å². The van der Waals surface area contributed by atoms with Crippen LogP contribution in [-0.2, 0) is 10.8 Å². The van der Waals surface area contributed by atoms with Gasteiger partial charge in [-0.25, -0.2) is 0 Å². The van der Waals surface area contributed by atoms with Crippen molar-refractivity contribution in [3.8, 4) is 44.5 Å². The SMILES string of the molecule is CC1(C)c2ccccc2-c2ccc(-c3ccccc3N(c3ccccc3-c3cccc4cccc(C5CCCCC5)c34)c3cccc4c3-c3ccccc3C4(C)c3ccccc3)cc21. The first-order valence-corrected chi connectivity index (χ1v) is 23.5. The molecule has 0 heterocycles. The molecule has 0 spiro atoms. The Labute approximate surface area is 378 Å². The molecule has 1 saturated carbocycles. The minimum Gasteiger partial charge on any atom is -0.309 e. The zero-order chi connectivity index (χ0) is 43.0. The number of rotatable bonds is 7. The molecule has 0 bridgehead atoms. The van der Waals surface area contributed by atoms with Gasteiger partial charge < -0.3 is 4.90 Å². The van der Waals surface area contributed by atoms with Crippen LogP contribution in [0.4, 0.5) is 17.1 Å². The lowest BCUT2D eigenvalue weighted by Crippen LogP contribution is -2.22. The van der Waals surface area contributed by atoms with E-state index >= 15 is 0 Å². The molecule has 9 aromatic carbocycles. The molecule has 310 valence electrons. The Hall–Kier alpha value is -6.96. The van der Waals surface area contributed by atoms with Crippen LogP contribution in [0.2, 0.25) is 0 Å². The van der Waals surface area contributed by atoms with E-state index in [1.165, 1.54) is 132 Å². The minimum absolute atomic E-state index is 0.112. The van der Waals surface area contributed by atoms with Gasteiger partial charge in [0.15, 0.2) is 0 Å². The second kappa shape index (κ2) is 15.1. The van der Waals surface area contributed by atoms with E-state index in [2.05, 4.69) is 226 Å². The maximum absolute atomic E-state index is 2.62. The van der Waals surface area contributed by atoms with Gasteiger partial charge in [-0.2, -0.15) is 0 Å². The Bertz CT molecular complexity index is 3250. The predicted molar refractivity (Wildman–Crippen MR) is 270 cm³/mol. The Morgan fingerprint density at radius 1 is 0.406 bits per heavy atom. The summed E-state index contributed by atoms with van der Waals surface area (Å²) >= 11 is 0. The van der Waals surface area contributed by atoms with Crippen molar-refractivity contribution in [3.05, 3.63) is 234 Å². The van der Waals surface area contributed by atoms with Crippen molar-refractivity contribution in [3.63, 3.8) is 0 Å². The van der Waals surface area contributed by atoms with Crippen LogP contribution in [0.5, 0.6) is 0 Å². The molecular weight excluding hydrogens is 771 g/mol. The average molecular weight is 824 g/mol. The molecule has 0 radical (unpaired) electrons. The first-order chi connectivity index (χ1) is 31.4. The van der Waals surface area contributed by atoms with Crippen LogP contribution in [-0.4, -0.2) is 0 Å². The Balaban J connectivity index is 1.14. The van der Waals surface area contributed by atoms with E-state index < -0.39 is 0 Å². The monoisotopic (exact) mass is 823 g/mol. The molecule has 12 rings (SSSR count). The molecule has 64 heavy (non-hydrogen) atoms. The lowest BCUT2D eigenvalue weighted by atomic mass is 9.74. The lowest BCUT2D eigenvalue weighted by Gasteiger charge is -2.33. The summed E-state index contributed by atoms with van der Waals surface area (Å²) in [5, 5.41) is 2.72. The van der Waals surface area contributed by atoms with Crippen molar-refractivity contribution < 1.29 is 0 Å². The number of nitrogens with zero attached hydrogens (tertiary/aromatic N) is 1. The fourth-order valence-corrected chi connectivity index (χ4v) is 12.2. The first-order valence-electron chi connectivity index (χ1n) is 23.5. The van der Waals surface area contributed by atoms with Crippen molar-refractivity contribution >= 4 is 27.8 Å². The summed E-state index contributed by atoms with van der Waals surface area (Å²) < 4.78 is 0. The number of benzene rings is 9. The number of hydrogen-bond donors (Lipinski definition) is 0. The summed E-state index contributed by atoms with van der Waals surface area (Å²) in [6.45, 7) is 7.20. The molecule has 3 aliphatic rings. The molecule has 0 aromatic heterocycles. The highest BCUT2D eigenvalue weighted by Crippen LogP contribution is 2.58. The Morgan fingerprint density at radius 3 is 1.75 bits per heavy atom. The van der Waals surface area contributed by atoms with Crippen LogP contribution in [0.3, 0.4) is 0 Å². The van der Waals surface area contributed by atoms with Gasteiger partial charge in [-0.3, -0.25) is 0 Å². The van der Waals surface area contributed by atoms with Gasteiger partial charge in [0.25, 0.3) is 0 Å². The van der Waals surface area contributed by atoms with Gasteiger partial charge in [0.1, 0.15) is 0 Å². The molecule has 1 atom stereocenters. The number of fused-ring (bicyclic) bond motifs is 7. The van der Waals surface area contributed by atoms with Crippen molar-refractivity contribution in [2.75, 3.05) is 4.90 Å². The molecule has 0 aliphatic heterocycles. The third-order valence-corrected chi connectivity index (χ3v) is 15.4. The van der Waals surface area contributed by atoms with Gasteiger partial charge in [-0.05, 0) is 122 Å². The molecule has 1 fully saturated rings. The van der Waals surface area contributed by atoms with E-state index in [1.54, 1.807) is 0 Å². The quantitative estimate of drug-likeness (QED) is 0.155. The summed E-state index contributed by atoms with van der Waals surface area (Å²) in [5.41, 5.74) is 21.6. The number of hydrogen-bond acceptors (Lipinski definition) is 1. The summed E-state index contributed by atoms with van der Waals surface area (Å²) in [5.74, 6) is 0.572. The van der Waals surface area contributed by atoms with Crippen LogP contribution < -0.4 is 4.90 Å². The maximum Gasteiger partial charge on any atom is 0.0543 e. The molecule has 0 amide bonds. The third kappa shape index (κ3) is 5.83. The summed E-state index contributed by atoms with van der Waals surface area (Å²) in [6.07, 6.45) is 6.46. The number of para-hydroxylation sites is 2. The Kier molecular flexibility index (Phi) is 9.13. The van der Waals surface area contributed by atoms with Gasteiger partial charge in [-0.15, -0.1) is 0 Å². The normalized spacial score (nSPS) is 17.1. The lowest BCUT2D eigenvalue weighted by molar-refractivity contribution is 0.445. The largest absolute Gasteiger partial charge is 0.309 e. The van der Waals surface area contributed by atoms with Crippen LogP contribution in [0.15, 0.2) is 200 Å². The smallest absolute Gasteiger partial charge is 0.0543 e. The van der Waals surface area contributed by atoms with Crippen LogP contribution >= 0.6 is 0 Å². The molecule has 9 aromatic rings. The van der Waals surface area contributed by atoms with E-state index in [4.69, 9.17) is 0 Å². The van der Waals surface area contributed by atoms with E-state index in [1.807, 2.05) is 0 Å². The summed E-state index contributed by atoms with van der Waals surface area (Å²) in [4.78, 5) is 2.62. The topological polar surface area (TPSA) is 3.24 Å². The van der Waals surface area contributed by atoms with E-state index in [-0.39, 0.29) is 10.8 Å². The van der Waals surface area contributed by atoms with Crippen molar-refractivity contribution in [1.29, 1.82) is 0 Å². The van der Waals surface area contributed by atoms with Crippen LogP contribution in [0.25, 0.3) is 55.3 Å². The minimum atomic E-state index is -0.334. The van der Waals surface area contributed by atoms with Gasteiger partial charge in [-0.1, -0.05) is 209 Å². The van der Waals surface area contributed by atoms with E-state index in [0.717, 1.165) is 5.69 Å². The molecular formula is C63H53N. The highest BCUT2D eigenvalue weighted by atomic mass is 15.2. The molecule has 0 N–H and O–H groups in total. The fraction of sp³-hybridized carbons (Fsp3) is 0.175. The summed E-state index contributed by atoms with van der Waals surface area (Å²) in [6, 6.07) is 75.8. The zero-order valence-electron chi connectivity index (χ0n) is 37.1. The number of anilines is 3. The fourth-order valence-electron chi connectivity index (χ4n) is 12.2. The van der Waals surface area contributed by atoms with Gasteiger partial charge >= 0.3 is 0 Å². The summed E-state index contributed by atoms with van der Waals surface area (Å²) in [7, 11) is 0. The van der Waals surface area contributed by atoms with Crippen LogP contribution in [0.1, 0.15) is 92.2 Å². The van der Waals surface area contributed by atoms with Gasteiger partial charge in [0.2, 0.25) is 0 Å². The highest BCUT2D eigenvalue weighted by Gasteiger charge is 2.43.